The van der Waals surface area contributed by atoms with E-state index in [1.165, 1.54) is 10.9 Å². The molecule has 0 spiro atoms. The molecule has 0 radical (unpaired) electrons. The number of hydrogen-bond acceptors (Lipinski definition) is 1. The van der Waals surface area contributed by atoms with E-state index in [1.54, 1.807) is 0 Å². The summed E-state index contributed by atoms with van der Waals surface area (Å²) >= 11 is 0. The molecule has 3 aromatic heterocycles. The van der Waals surface area contributed by atoms with Crippen LogP contribution in [0.1, 0.15) is 0 Å². The van der Waals surface area contributed by atoms with Crippen molar-refractivity contribution in [2.24, 2.45) is 0 Å². The molecule has 0 saturated carbocycles. The van der Waals surface area contributed by atoms with Gasteiger partial charge in [0.1, 0.15) is 5.65 Å². The molecular weight excluding hydrogens is 308 g/mol. The Hall–Kier alpha value is -3.53. The van der Waals surface area contributed by atoms with Gasteiger partial charge in [0.15, 0.2) is 0 Å². The molecule has 0 atom stereocenters. The number of nitrogens with zero attached hydrogens (tertiary/aromatic N) is 3. The standard InChI is InChI=1S/C21H14N4/c1-2-8-14(9-3-1)24-17-12-6-4-10-15(17)19-20(24)25-18-13-7-5-11-16(18)22-21(25)23-19/h1-13H,(H,22,23). The highest BCUT2D eigenvalue weighted by molar-refractivity contribution is 6.08. The minimum atomic E-state index is 0.877. The molecule has 25 heavy (non-hydrogen) atoms. The average molecular weight is 322 g/mol. The zero-order valence-corrected chi connectivity index (χ0v) is 13.3. The first kappa shape index (κ1) is 12.8. The van der Waals surface area contributed by atoms with Crippen LogP contribution in [0, 0.1) is 0 Å². The van der Waals surface area contributed by atoms with E-state index in [0.717, 1.165) is 33.7 Å². The summed E-state index contributed by atoms with van der Waals surface area (Å²) in [5.41, 5.74) is 6.69. The van der Waals surface area contributed by atoms with Crippen molar-refractivity contribution >= 4 is 38.9 Å². The van der Waals surface area contributed by atoms with Gasteiger partial charge < -0.3 is 4.98 Å². The molecule has 0 saturated heterocycles. The molecule has 3 aromatic carbocycles. The van der Waals surface area contributed by atoms with E-state index in [9.17, 15) is 0 Å². The van der Waals surface area contributed by atoms with Crippen LogP contribution in [0.15, 0.2) is 78.9 Å². The molecule has 0 aliphatic carbocycles. The van der Waals surface area contributed by atoms with Crippen molar-refractivity contribution in [2.45, 2.75) is 0 Å². The molecule has 0 bridgehead atoms. The third-order valence-electron chi connectivity index (χ3n) is 4.87. The average Bonchev–Trinajstić information content (AvgIpc) is 3.29. The maximum Gasteiger partial charge on any atom is 0.214 e. The van der Waals surface area contributed by atoms with Crippen molar-refractivity contribution in [3.05, 3.63) is 78.9 Å². The van der Waals surface area contributed by atoms with E-state index >= 15 is 0 Å². The minimum Gasteiger partial charge on any atom is -0.322 e. The number of fused-ring (bicyclic) bond motifs is 7. The van der Waals surface area contributed by atoms with E-state index in [0.29, 0.717) is 0 Å². The number of aromatic nitrogens is 4. The van der Waals surface area contributed by atoms with Gasteiger partial charge in [0.05, 0.1) is 22.1 Å². The molecule has 0 aliphatic heterocycles. The molecule has 4 heteroatoms. The van der Waals surface area contributed by atoms with Crippen LogP contribution in [0.25, 0.3) is 44.6 Å². The molecule has 1 N–H and O–H groups in total. The van der Waals surface area contributed by atoms with Gasteiger partial charge >= 0.3 is 0 Å². The van der Waals surface area contributed by atoms with Crippen molar-refractivity contribution in [3.63, 3.8) is 0 Å². The third kappa shape index (κ3) is 1.58. The maximum absolute atomic E-state index is 4.76. The van der Waals surface area contributed by atoms with Gasteiger partial charge in [0.25, 0.3) is 0 Å². The van der Waals surface area contributed by atoms with Gasteiger partial charge in [-0.1, -0.05) is 48.5 Å². The lowest BCUT2D eigenvalue weighted by Crippen LogP contribution is -1.96. The van der Waals surface area contributed by atoms with Gasteiger partial charge in [-0.05, 0) is 30.3 Å². The van der Waals surface area contributed by atoms with Gasteiger partial charge in [-0.3, -0.25) is 8.97 Å². The molecule has 0 amide bonds. The SMILES string of the molecule is c1ccc(-n2c3ccccc3c3[nH]c4nc5ccccc5n4c32)cc1. The highest BCUT2D eigenvalue weighted by Gasteiger charge is 2.19. The van der Waals surface area contributed by atoms with E-state index in [-0.39, 0.29) is 0 Å². The second-order valence-electron chi connectivity index (χ2n) is 6.27. The van der Waals surface area contributed by atoms with E-state index in [1.807, 2.05) is 12.1 Å². The number of hydrogen-bond donors (Lipinski definition) is 1. The molecular formula is C21H14N4. The lowest BCUT2D eigenvalue weighted by atomic mass is 10.2. The van der Waals surface area contributed by atoms with Crippen LogP contribution in [0.2, 0.25) is 0 Å². The first-order chi connectivity index (χ1) is 12.4. The molecule has 6 aromatic rings. The van der Waals surface area contributed by atoms with Crippen molar-refractivity contribution in [3.8, 4) is 5.69 Å². The molecule has 0 unspecified atom stereocenters. The topological polar surface area (TPSA) is 38.0 Å². The van der Waals surface area contributed by atoms with Gasteiger partial charge in [0.2, 0.25) is 5.78 Å². The second-order valence-corrected chi connectivity index (χ2v) is 6.27. The summed E-state index contributed by atoms with van der Waals surface area (Å²) in [6, 6.07) is 27.2. The summed E-state index contributed by atoms with van der Waals surface area (Å²) in [6.45, 7) is 0. The fourth-order valence-electron chi connectivity index (χ4n) is 3.84. The van der Waals surface area contributed by atoms with E-state index < -0.39 is 0 Å². The number of para-hydroxylation sites is 4. The summed E-state index contributed by atoms with van der Waals surface area (Å²) in [5, 5.41) is 1.20. The summed E-state index contributed by atoms with van der Waals surface area (Å²) in [7, 11) is 0. The maximum atomic E-state index is 4.76. The van der Waals surface area contributed by atoms with Crippen LogP contribution < -0.4 is 0 Å². The summed E-state index contributed by atoms with van der Waals surface area (Å²) in [4.78, 5) is 8.29. The highest BCUT2D eigenvalue weighted by atomic mass is 15.2. The molecule has 0 aliphatic rings. The minimum absolute atomic E-state index is 0.877. The Labute approximate surface area is 142 Å². The summed E-state index contributed by atoms with van der Waals surface area (Å²) < 4.78 is 4.53. The molecule has 6 rings (SSSR count). The zero-order chi connectivity index (χ0) is 16.4. The smallest absolute Gasteiger partial charge is 0.214 e. The van der Waals surface area contributed by atoms with Crippen molar-refractivity contribution in [2.75, 3.05) is 0 Å². The lowest BCUT2D eigenvalue weighted by Gasteiger charge is -2.07. The molecule has 4 nitrogen and oxygen atoms in total. The predicted octanol–water partition coefficient (Wildman–Crippen LogP) is 4.91. The Morgan fingerprint density at radius 3 is 2.32 bits per heavy atom. The number of nitrogens with one attached hydrogen (secondary N) is 1. The van der Waals surface area contributed by atoms with Crippen LogP contribution in [0.4, 0.5) is 0 Å². The quantitative estimate of drug-likeness (QED) is 0.459. The van der Waals surface area contributed by atoms with Crippen molar-refractivity contribution in [1.29, 1.82) is 0 Å². The van der Waals surface area contributed by atoms with Crippen molar-refractivity contribution < 1.29 is 0 Å². The largest absolute Gasteiger partial charge is 0.322 e. The Morgan fingerprint density at radius 1 is 0.720 bits per heavy atom. The predicted molar refractivity (Wildman–Crippen MR) is 101 cm³/mol. The Kier molecular flexibility index (Phi) is 2.32. The van der Waals surface area contributed by atoms with Crippen LogP contribution in [0.3, 0.4) is 0 Å². The lowest BCUT2D eigenvalue weighted by molar-refractivity contribution is 1.12. The Bertz CT molecular complexity index is 1380. The van der Waals surface area contributed by atoms with Gasteiger partial charge in [-0.2, -0.15) is 0 Å². The van der Waals surface area contributed by atoms with Crippen LogP contribution >= 0.6 is 0 Å². The monoisotopic (exact) mass is 322 g/mol. The van der Waals surface area contributed by atoms with Gasteiger partial charge in [0, 0.05) is 11.1 Å². The van der Waals surface area contributed by atoms with Crippen LogP contribution in [0.5, 0.6) is 0 Å². The van der Waals surface area contributed by atoms with Crippen molar-refractivity contribution in [1.82, 2.24) is 18.9 Å². The zero-order valence-electron chi connectivity index (χ0n) is 13.3. The Balaban J connectivity index is 1.93. The normalized spacial score (nSPS) is 12.0. The van der Waals surface area contributed by atoms with Crippen LogP contribution in [-0.2, 0) is 0 Å². The number of benzene rings is 3. The third-order valence-corrected chi connectivity index (χ3v) is 4.87. The molecule has 3 heterocycles. The van der Waals surface area contributed by atoms with E-state index in [2.05, 4.69) is 80.7 Å². The molecule has 0 fully saturated rings. The second kappa shape index (κ2) is 4.51. The van der Waals surface area contributed by atoms with Gasteiger partial charge in [-0.15, -0.1) is 0 Å². The Morgan fingerprint density at radius 2 is 1.44 bits per heavy atom. The number of imidazole rings is 2. The van der Waals surface area contributed by atoms with E-state index in [4.69, 9.17) is 4.98 Å². The van der Waals surface area contributed by atoms with Gasteiger partial charge in [-0.25, -0.2) is 4.98 Å². The number of H-pyrrole nitrogens is 1. The number of aromatic amines is 1. The first-order valence-corrected chi connectivity index (χ1v) is 8.35. The van der Waals surface area contributed by atoms with Crippen LogP contribution in [-0.4, -0.2) is 18.9 Å². The first-order valence-electron chi connectivity index (χ1n) is 8.35. The molecule has 118 valence electrons. The summed E-state index contributed by atoms with van der Waals surface area (Å²) in [5.74, 6) is 0.877. The summed E-state index contributed by atoms with van der Waals surface area (Å²) in [6.07, 6.45) is 0. The fourth-order valence-corrected chi connectivity index (χ4v) is 3.84. The fraction of sp³-hybridized carbons (Fsp3) is 0. The highest BCUT2D eigenvalue weighted by Crippen LogP contribution is 2.33. The number of rotatable bonds is 1.